The van der Waals surface area contributed by atoms with Crippen molar-refractivity contribution in [3.8, 4) is 11.1 Å². The Bertz CT molecular complexity index is 680. The Morgan fingerprint density at radius 1 is 1.04 bits per heavy atom. The van der Waals surface area contributed by atoms with Gasteiger partial charge < -0.3 is 15.0 Å². The molecule has 0 radical (unpaired) electrons. The van der Waals surface area contributed by atoms with Crippen LogP contribution in [0.25, 0.3) is 11.1 Å². The van der Waals surface area contributed by atoms with E-state index in [1.807, 2.05) is 49.5 Å². The molecule has 26 heavy (non-hydrogen) atoms. The number of carbonyl (C=O) groups excluding carboxylic acids is 1. The van der Waals surface area contributed by atoms with E-state index in [4.69, 9.17) is 4.74 Å². The lowest BCUT2D eigenvalue weighted by Crippen LogP contribution is -2.41. The molecule has 0 aliphatic carbocycles. The van der Waals surface area contributed by atoms with E-state index in [-0.39, 0.29) is 12.2 Å². The predicted molar refractivity (Wildman–Crippen MR) is 105 cm³/mol. The van der Waals surface area contributed by atoms with Gasteiger partial charge in [0.15, 0.2) is 0 Å². The maximum atomic E-state index is 12.1. The predicted octanol–water partition coefficient (Wildman–Crippen LogP) is 3.59. The summed E-state index contributed by atoms with van der Waals surface area (Å²) in [6.07, 6.45) is 1.42. The molecule has 1 aliphatic rings. The number of benzene rings is 2. The van der Waals surface area contributed by atoms with Crippen LogP contribution < -0.4 is 10.6 Å². The maximum absolute atomic E-state index is 12.1. The first-order chi connectivity index (χ1) is 12.7. The third-order valence-electron chi connectivity index (χ3n) is 4.72. The molecule has 1 heterocycles. The third kappa shape index (κ3) is 5.31. The molecular weight excluding hydrogens is 326 g/mol. The molecule has 5 nitrogen and oxygen atoms in total. The fourth-order valence-corrected chi connectivity index (χ4v) is 3.20. The summed E-state index contributed by atoms with van der Waals surface area (Å²) in [6.45, 7) is 3.99. The number of likely N-dealkylation sites (N-methyl/N-ethyl adjacent to an activating group) is 1. The number of nitrogens with zero attached hydrogens (tertiary/aromatic N) is 1. The van der Waals surface area contributed by atoms with Crippen LogP contribution in [0.15, 0.2) is 54.6 Å². The number of piperidine rings is 1. The number of ether oxygens (including phenoxy) is 1. The van der Waals surface area contributed by atoms with Gasteiger partial charge >= 0.3 is 6.09 Å². The van der Waals surface area contributed by atoms with Crippen molar-refractivity contribution in [2.24, 2.45) is 0 Å². The SMILES string of the molecule is CNCCN1CCC(OC(=O)Nc2ccc(-c3ccccc3)cc2)CC1. The molecule has 0 bridgehead atoms. The monoisotopic (exact) mass is 353 g/mol. The Labute approximate surface area is 155 Å². The smallest absolute Gasteiger partial charge is 0.411 e. The van der Waals surface area contributed by atoms with E-state index in [1.165, 1.54) is 0 Å². The summed E-state index contributed by atoms with van der Waals surface area (Å²) in [5.41, 5.74) is 3.03. The molecule has 0 spiro atoms. The summed E-state index contributed by atoms with van der Waals surface area (Å²) in [7, 11) is 1.96. The van der Waals surface area contributed by atoms with Crippen molar-refractivity contribution in [3.05, 3.63) is 54.6 Å². The van der Waals surface area contributed by atoms with Crippen LogP contribution in [0.1, 0.15) is 12.8 Å². The molecule has 0 atom stereocenters. The second-order valence-electron chi connectivity index (χ2n) is 6.62. The molecule has 0 unspecified atom stereocenters. The molecule has 0 aromatic heterocycles. The van der Waals surface area contributed by atoms with E-state index in [2.05, 4.69) is 27.7 Å². The highest BCUT2D eigenvalue weighted by atomic mass is 16.6. The van der Waals surface area contributed by atoms with Gasteiger partial charge in [0.05, 0.1) is 0 Å². The van der Waals surface area contributed by atoms with Gasteiger partial charge in [-0.2, -0.15) is 0 Å². The second kappa shape index (κ2) is 9.36. The fourth-order valence-electron chi connectivity index (χ4n) is 3.20. The molecule has 1 fully saturated rings. The van der Waals surface area contributed by atoms with Crippen LogP contribution in [0, 0.1) is 0 Å². The lowest BCUT2D eigenvalue weighted by molar-refractivity contribution is 0.0594. The summed E-state index contributed by atoms with van der Waals surface area (Å²) >= 11 is 0. The van der Waals surface area contributed by atoms with Gasteiger partial charge in [0.25, 0.3) is 0 Å². The Balaban J connectivity index is 1.45. The summed E-state index contributed by atoms with van der Waals surface area (Å²) in [4.78, 5) is 14.5. The molecule has 1 saturated heterocycles. The molecule has 5 heteroatoms. The maximum Gasteiger partial charge on any atom is 0.411 e. The first-order valence-corrected chi connectivity index (χ1v) is 9.24. The van der Waals surface area contributed by atoms with Gasteiger partial charge in [-0.15, -0.1) is 0 Å². The zero-order valence-corrected chi connectivity index (χ0v) is 15.3. The molecular formula is C21H27N3O2. The largest absolute Gasteiger partial charge is 0.446 e. The molecule has 2 aromatic rings. The minimum Gasteiger partial charge on any atom is -0.446 e. The zero-order valence-electron chi connectivity index (χ0n) is 15.3. The van der Waals surface area contributed by atoms with Crippen LogP contribution in [0.4, 0.5) is 10.5 Å². The fraction of sp³-hybridized carbons (Fsp3) is 0.381. The van der Waals surface area contributed by atoms with Crippen molar-refractivity contribution in [1.29, 1.82) is 0 Å². The van der Waals surface area contributed by atoms with Crippen LogP contribution in [0.5, 0.6) is 0 Å². The van der Waals surface area contributed by atoms with Gasteiger partial charge in [0.1, 0.15) is 6.10 Å². The van der Waals surface area contributed by atoms with Crippen LogP contribution in [-0.4, -0.2) is 50.3 Å². The van der Waals surface area contributed by atoms with Crippen molar-refractivity contribution in [2.45, 2.75) is 18.9 Å². The highest BCUT2D eigenvalue weighted by molar-refractivity contribution is 5.85. The summed E-state index contributed by atoms with van der Waals surface area (Å²) < 4.78 is 5.57. The minimum absolute atomic E-state index is 0.00410. The van der Waals surface area contributed by atoms with E-state index in [0.29, 0.717) is 0 Å². The second-order valence-corrected chi connectivity index (χ2v) is 6.62. The summed E-state index contributed by atoms with van der Waals surface area (Å²) in [6, 6.07) is 18.0. The molecule has 138 valence electrons. The topological polar surface area (TPSA) is 53.6 Å². The van der Waals surface area contributed by atoms with Crippen LogP contribution in [0.3, 0.4) is 0 Å². The Hall–Kier alpha value is -2.37. The van der Waals surface area contributed by atoms with E-state index >= 15 is 0 Å². The normalized spacial score (nSPS) is 15.6. The molecule has 1 aliphatic heterocycles. The van der Waals surface area contributed by atoms with E-state index < -0.39 is 0 Å². The van der Waals surface area contributed by atoms with Gasteiger partial charge in [-0.1, -0.05) is 42.5 Å². The lowest BCUT2D eigenvalue weighted by Gasteiger charge is -2.31. The Kier molecular flexibility index (Phi) is 6.63. The highest BCUT2D eigenvalue weighted by Crippen LogP contribution is 2.21. The number of likely N-dealkylation sites (tertiary alicyclic amines) is 1. The number of hydrogen-bond acceptors (Lipinski definition) is 4. The van der Waals surface area contributed by atoms with Crippen LogP contribution in [-0.2, 0) is 4.74 Å². The Morgan fingerprint density at radius 2 is 1.69 bits per heavy atom. The lowest BCUT2D eigenvalue weighted by atomic mass is 10.1. The number of rotatable bonds is 6. The average Bonchev–Trinajstić information content (AvgIpc) is 2.69. The Morgan fingerprint density at radius 3 is 2.35 bits per heavy atom. The first-order valence-electron chi connectivity index (χ1n) is 9.24. The number of amides is 1. The van der Waals surface area contributed by atoms with Gasteiger partial charge in [0.2, 0.25) is 0 Å². The number of carbonyl (C=O) groups is 1. The summed E-state index contributed by atoms with van der Waals surface area (Å²) in [5.74, 6) is 0. The molecule has 2 aromatic carbocycles. The minimum atomic E-state index is -0.369. The van der Waals surface area contributed by atoms with Crippen molar-refractivity contribution < 1.29 is 9.53 Å². The van der Waals surface area contributed by atoms with E-state index in [0.717, 1.165) is 55.8 Å². The van der Waals surface area contributed by atoms with Gasteiger partial charge in [-0.3, -0.25) is 5.32 Å². The van der Waals surface area contributed by atoms with Crippen molar-refractivity contribution in [2.75, 3.05) is 38.5 Å². The van der Waals surface area contributed by atoms with Gasteiger partial charge in [-0.05, 0) is 43.1 Å². The van der Waals surface area contributed by atoms with Crippen molar-refractivity contribution in [1.82, 2.24) is 10.2 Å². The van der Waals surface area contributed by atoms with Crippen LogP contribution in [0.2, 0.25) is 0 Å². The van der Waals surface area contributed by atoms with Gasteiger partial charge in [0, 0.05) is 31.9 Å². The van der Waals surface area contributed by atoms with Crippen LogP contribution >= 0.6 is 0 Å². The molecule has 3 rings (SSSR count). The number of anilines is 1. The molecule has 0 saturated carbocycles. The summed E-state index contributed by atoms with van der Waals surface area (Å²) in [5, 5.41) is 5.99. The highest BCUT2D eigenvalue weighted by Gasteiger charge is 2.21. The first kappa shape index (κ1) is 18.4. The third-order valence-corrected chi connectivity index (χ3v) is 4.72. The standard InChI is InChI=1S/C21H27N3O2/c1-22-13-16-24-14-11-20(12-15-24)26-21(25)23-19-9-7-18(8-10-19)17-5-3-2-4-6-17/h2-10,20,22H,11-16H2,1H3,(H,23,25). The van der Waals surface area contributed by atoms with Crippen molar-refractivity contribution >= 4 is 11.8 Å². The molecule has 1 amide bonds. The zero-order chi connectivity index (χ0) is 18.2. The van der Waals surface area contributed by atoms with E-state index in [9.17, 15) is 4.79 Å². The van der Waals surface area contributed by atoms with Gasteiger partial charge in [-0.25, -0.2) is 4.79 Å². The van der Waals surface area contributed by atoms with Crippen molar-refractivity contribution in [3.63, 3.8) is 0 Å². The average molecular weight is 353 g/mol. The number of hydrogen-bond donors (Lipinski definition) is 2. The van der Waals surface area contributed by atoms with E-state index in [1.54, 1.807) is 0 Å². The quantitative estimate of drug-likeness (QED) is 0.833. The number of nitrogens with one attached hydrogen (secondary N) is 2. The molecule has 2 N–H and O–H groups in total.